The molecule has 0 radical (unpaired) electrons. The highest BCUT2D eigenvalue weighted by Gasteiger charge is 2.26. The molecule has 0 heterocycles. The zero-order valence-corrected chi connectivity index (χ0v) is 13.9. The van der Waals surface area contributed by atoms with Gasteiger partial charge in [0.15, 0.2) is 0 Å². The van der Waals surface area contributed by atoms with E-state index in [1.807, 2.05) is 24.3 Å². The molecule has 1 atom stereocenters. The van der Waals surface area contributed by atoms with Crippen molar-refractivity contribution in [1.29, 1.82) is 0 Å². The van der Waals surface area contributed by atoms with Crippen LogP contribution < -0.4 is 16.4 Å². The summed E-state index contributed by atoms with van der Waals surface area (Å²) in [7, 11) is 0. The van der Waals surface area contributed by atoms with Crippen molar-refractivity contribution in [1.82, 2.24) is 10.6 Å². The smallest absolute Gasteiger partial charge is 0.239 e. The largest absolute Gasteiger partial charge is 0.347 e. The van der Waals surface area contributed by atoms with E-state index in [-0.39, 0.29) is 30.9 Å². The van der Waals surface area contributed by atoms with Crippen LogP contribution in [-0.4, -0.2) is 24.9 Å². The molecule has 1 aliphatic carbocycles. The van der Waals surface area contributed by atoms with Gasteiger partial charge in [-0.15, -0.1) is 0 Å². The van der Waals surface area contributed by atoms with Gasteiger partial charge in [0.1, 0.15) is 0 Å². The number of nitrogens with two attached hydrogens (primary N) is 1. The third-order valence-corrected chi connectivity index (χ3v) is 4.51. The molecule has 0 spiro atoms. The third kappa shape index (κ3) is 5.52. The molecule has 1 aromatic carbocycles. The van der Waals surface area contributed by atoms with E-state index in [0.717, 1.165) is 18.4 Å². The zero-order chi connectivity index (χ0) is 16.7. The van der Waals surface area contributed by atoms with Crippen molar-refractivity contribution in [3.8, 4) is 0 Å². The molecule has 4 N–H and O–H groups in total. The Bertz CT molecular complexity index is 544. The molecule has 0 aliphatic heterocycles. The predicted molar refractivity (Wildman–Crippen MR) is 91.0 cm³/mol. The minimum absolute atomic E-state index is 0.0557. The SMILES string of the molecule is NCC(=O)NCC(=O)NC(c1cccc(Cl)c1)C1CCCCC1. The Labute approximate surface area is 142 Å². The standard InChI is InChI=1S/C17H24ClN3O2/c18-14-8-4-7-13(9-14)17(12-5-2-1-3-6-12)21-16(23)11-20-15(22)10-19/h4,7-9,12,17H,1-3,5-6,10-11,19H2,(H,20,22)(H,21,23). The van der Waals surface area contributed by atoms with Crippen LogP contribution >= 0.6 is 11.6 Å². The molecule has 23 heavy (non-hydrogen) atoms. The van der Waals surface area contributed by atoms with Crippen molar-refractivity contribution < 1.29 is 9.59 Å². The number of amides is 2. The van der Waals surface area contributed by atoms with Crippen LogP contribution in [-0.2, 0) is 9.59 Å². The maximum atomic E-state index is 12.2. The molecule has 1 saturated carbocycles. The summed E-state index contributed by atoms with van der Waals surface area (Å²) < 4.78 is 0. The van der Waals surface area contributed by atoms with Crippen LogP contribution in [0.25, 0.3) is 0 Å². The number of carbonyl (C=O) groups excluding carboxylic acids is 2. The second-order valence-corrected chi connectivity index (χ2v) is 6.42. The summed E-state index contributed by atoms with van der Waals surface area (Å²) in [6.07, 6.45) is 5.79. The summed E-state index contributed by atoms with van der Waals surface area (Å²) in [6, 6.07) is 7.54. The summed E-state index contributed by atoms with van der Waals surface area (Å²) in [5, 5.41) is 6.22. The average molecular weight is 338 g/mol. The highest BCUT2D eigenvalue weighted by atomic mass is 35.5. The van der Waals surface area contributed by atoms with Crippen molar-refractivity contribution >= 4 is 23.4 Å². The Hall–Kier alpha value is -1.59. The summed E-state index contributed by atoms with van der Waals surface area (Å²) in [6.45, 7) is -0.173. The number of nitrogens with one attached hydrogen (secondary N) is 2. The van der Waals surface area contributed by atoms with E-state index in [2.05, 4.69) is 10.6 Å². The summed E-state index contributed by atoms with van der Waals surface area (Å²) in [5.41, 5.74) is 6.24. The molecule has 2 rings (SSSR count). The second-order valence-electron chi connectivity index (χ2n) is 5.98. The van der Waals surface area contributed by atoms with Gasteiger partial charge in [0.25, 0.3) is 0 Å². The molecular formula is C17H24ClN3O2. The lowest BCUT2D eigenvalue weighted by molar-refractivity contribution is -0.126. The van der Waals surface area contributed by atoms with Crippen molar-refractivity contribution in [2.75, 3.05) is 13.1 Å². The molecule has 1 aliphatic rings. The molecule has 0 saturated heterocycles. The Morgan fingerprint density at radius 2 is 1.96 bits per heavy atom. The fourth-order valence-electron chi connectivity index (χ4n) is 3.12. The Kier molecular flexibility index (Phi) is 6.86. The number of carbonyl (C=O) groups is 2. The van der Waals surface area contributed by atoms with Crippen LogP contribution in [0, 0.1) is 5.92 Å². The molecule has 0 bridgehead atoms. The maximum Gasteiger partial charge on any atom is 0.239 e. The highest BCUT2D eigenvalue weighted by Crippen LogP contribution is 2.35. The molecule has 6 heteroatoms. The van der Waals surface area contributed by atoms with Gasteiger partial charge in [0.2, 0.25) is 11.8 Å². The molecule has 0 aromatic heterocycles. The summed E-state index contributed by atoms with van der Waals surface area (Å²) in [5.74, 6) is -0.143. The summed E-state index contributed by atoms with van der Waals surface area (Å²) in [4.78, 5) is 23.4. The molecule has 126 valence electrons. The van der Waals surface area contributed by atoms with Gasteiger partial charge in [-0.25, -0.2) is 0 Å². The normalized spacial score (nSPS) is 16.6. The van der Waals surface area contributed by atoms with Crippen molar-refractivity contribution in [2.45, 2.75) is 38.1 Å². The first kappa shape index (κ1) is 17.8. The van der Waals surface area contributed by atoms with E-state index in [1.54, 1.807) is 0 Å². The molecule has 1 fully saturated rings. The van der Waals surface area contributed by atoms with Gasteiger partial charge < -0.3 is 16.4 Å². The number of hydrogen-bond donors (Lipinski definition) is 3. The highest BCUT2D eigenvalue weighted by molar-refractivity contribution is 6.30. The van der Waals surface area contributed by atoms with Gasteiger partial charge in [-0.05, 0) is 36.5 Å². The lowest BCUT2D eigenvalue weighted by Gasteiger charge is -2.31. The molecular weight excluding hydrogens is 314 g/mol. The van der Waals surface area contributed by atoms with Crippen LogP contribution in [0.4, 0.5) is 0 Å². The fraction of sp³-hybridized carbons (Fsp3) is 0.529. The maximum absolute atomic E-state index is 12.2. The third-order valence-electron chi connectivity index (χ3n) is 4.28. The number of halogens is 1. The number of hydrogen-bond acceptors (Lipinski definition) is 3. The van der Waals surface area contributed by atoms with Gasteiger partial charge in [0.05, 0.1) is 19.1 Å². The van der Waals surface area contributed by atoms with Crippen LogP contribution in [0.2, 0.25) is 5.02 Å². The van der Waals surface area contributed by atoms with Gasteiger partial charge in [-0.3, -0.25) is 9.59 Å². The topological polar surface area (TPSA) is 84.2 Å². The van der Waals surface area contributed by atoms with Crippen molar-refractivity contribution in [3.63, 3.8) is 0 Å². The minimum atomic E-state index is -0.336. The van der Waals surface area contributed by atoms with E-state index in [4.69, 9.17) is 17.3 Å². The lowest BCUT2D eigenvalue weighted by atomic mass is 9.81. The van der Waals surface area contributed by atoms with Crippen LogP contribution in [0.15, 0.2) is 24.3 Å². The van der Waals surface area contributed by atoms with Gasteiger partial charge in [-0.1, -0.05) is 43.0 Å². The quantitative estimate of drug-likeness (QED) is 0.743. The first-order chi connectivity index (χ1) is 11.1. The Morgan fingerprint density at radius 1 is 1.22 bits per heavy atom. The van der Waals surface area contributed by atoms with E-state index in [1.165, 1.54) is 19.3 Å². The van der Waals surface area contributed by atoms with Crippen LogP contribution in [0.3, 0.4) is 0 Å². The van der Waals surface area contributed by atoms with E-state index < -0.39 is 0 Å². The van der Waals surface area contributed by atoms with Crippen molar-refractivity contribution in [3.05, 3.63) is 34.9 Å². The molecule has 5 nitrogen and oxygen atoms in total. The molecule has 2 amide bonds. The first-order valence-electron chi connectivity index (χ1n) is 8.11. The van der Waals surface area contributed by atoms with E-state index >= 15 is 0 Å². The molecule has 1 unspecified atom stereocenters. The minimum Gasteiger partial charge on any atom is -0.347 e. The van der Waals surface area contributed by atoms with Gasteiger partial charge >= 0.3 is 0 Å². The fourth-order valence-corrected chi connectivity index (χ4v) is 3.32. The van der Waals surface area contributed by atoms with Gasteiger partial charge in [-0.2, -0.15) is 0 Å². The summed E-state index contributed by atoms with van der Waals surface area (Å²) >= 11 is 6.10. The Morgan fingerprint density at radius 3 is 2.61 bits per heavy atom. The number of benzene rings is 1. The number of rotatable bonds is 6. The first-order valence-corrected chi connectivity index (χ1v) is 8.49. The van der Waals surface area contributed by atoms with Crippen LogP contribution in [0.5, 0.6) is 0 Å². The average Bonchev–Trinajstić information content (AvgIpc) is 2.58. The van der Waals surface area contributed by atoms with Crippen LogP contribution in [0.1, 0.15) is 43.7 Å². The monoisotopic (exact) mass is 337 g/mol. The zero-order valence-electron chi connectivity index (χ0n) is 13.2. The predicted octanol–water partition coefficient (Wildman–Crippen LogP) is 2.15. The molecule has 1 aromatic rings. The Balaban J connectivity index is 2.07. The second kappa shape index (κ2) is 8.89. The van der Waals surface area contributed by atoms with Gasteiger partial charge in [0, 0.05) is 5.02 Å². The van der Waals surface area contributed by atoms with E-state index in [9.17, 15) is 9.59 Å². The van der Waals surface area contributed by atoms with E-state index in [0.29, 0.717) is 10.9 Å². The lowest BCUT2D eigenvalue weighted by Crippen LogP contribution is -2.42. The van der Waals surface area contributed by atoms with Crippen molar-refractivity contribution in [2.24, 2.45) is 11.7 Å².